The van der Waals surface area contributed by atoms with Crippen molar-refractivity contribution in [2.45, 2.75) is 6.42 Å². The van der Waals surface area contributed by atoms with Crippen molar-refractivity contribution in [3.05, 3.63) is 34.2 Å². The van der Waals surface area contributed by atoms with Crippen LogP contribution >= 0.6 is 22.9 Å². The second-order valence-corrected chi connectivity index (χ2v) is 4.60. The summed E-state index contributed by atoms with van der Waals surface area (Å²) in [5, 5.41) is 7.54. The minimum atomic E-state index is 0.819. The molecule has 0 unspecified atom stereocenters. The summed E-state index contributed by atoms with van der Waals surface area (Å²) >= 11 is 7.69. The van der Waals surface area contributed by atoms with Crippen LogP contribution in [0.15, 0.2) is 23.6 Å². The van der Waals surface area contributed by atoms with Crippen molar-refractivity contribution in [3.8, 4) is 0 Å². The molecule has 0 atom stereocenters. The van der Waals surface area contributed by atoms with Gasteiger partial charge in [0.15, 0.2) is 0 Å². The fraction of sp³-hybridized carbons (Fsp3) is 0.273. The van der Waals surface area contributed by atoms with Gasteiger partial charge >= 0.3 is 0 Å². The molecule has 0 saturated heterocycles. The lowest BCUT2D eigenvalue weighted by atomic mass is 10.1. The van der Waals surface area contributed by atoms with Crippen molar-refractivity contribution in [3.63, 3.8) is 0 Å². The third-order valence-electron chi connectivity index (χ3n) is 2.26. The van der Waals surface area contributed by atoms with Gasteiger partial charge in [-0.1, -0.05) is 17.7 Å². The lowest BCUT2D eigenvalue weighted by molar-refractivity contribution is 0.796. The summed E-state index contributed by atoms with van der Waals surface area (Å²) in [6.45, 7) is 1.02. The van der Waals surface area contributed by atoms with E-state index < -0.39 is 0 Å². The molecule has 0 fully saturated rings. The van der Waals surface area contributed by atoms with Crippen LogP contribution in [0.4, 0.5) is 0 Å². The van der Waals surface area contributed by atoms with Crippen molar-refractivity contribution in [1.82, 2.24) is 5.32 Å². The fourth-order valence-electron chi connectivity index (χ4n) is 1.51. The van der Waals surface area contributed by atoms with E-state index in [1.165, 1.54) is 15.6 Å². The predicted molar refractivity (Wildman–Crippen MR) is 64.5 cm³/mol. The maximum absolute atomic E-state index is 5.93. The van der Waals surface area contributed by atoms with Gasteiger partial charge in [0.2, 0.25) is 0 Å². The number of nitrogens with one attached hydrogen (secondary N) is 1. The highest BCUT2D eigenvalue weighted by molar-refractivity contribution is 7.17. The van der Waals surface area contributed by atoms with Crippen LogP contribution in [0, 0.1) is 0 Å². The van der Waals surface area contributed by atoms with Gasteiger partial charge in [-0.3, -0.25) is 0 Å². The van der Waals surface area contributed by atoms with E-state index in [2.05, 4.69) is 16.8 Å². The molecule has 0 amide bonds. The molecule has 0 spiro atoms. The lowest BCUT2D eigenvalue weighted by Gasteiger charge is -1.98. The molecule has 1 N–H and O–H groups in total. The highest BCUT2D eigenvalue weighted by Crippen LogP contribution is 2.28. The van der Waals surface area contributed by atoms with Crippen LogP contribution in [0.2, 0.25) is 5.02 Å². The summed E-state index contributed by atoms with van der Waals surface area (Å²) in [5.74, 6) is 0. The van der Waals surface area contributed by atoms with Crippen LogP contribution in [0.25, 0.3) is 10.1 Å². The van der Waals surface area contributed by atoms with Crippen LogP contribution < -0.4 is 5.32 Å². The fourth-order valence-corrected chi connectivity index (χ4v) is 2.78. The van der Waals surface area contributed by atoms with Crippen molar-refractivity contribution in [2.75, 3.05) is 13.6 Å². The molecule has 3 heteroatoms. The minimum Gasteiger partial charge on any atom is -0.319 e. The Labute approximate surface area is 92.7 Å². The average Bonchev–Trinajstić information content (AvgIpc) is 2.57. The molecular weight excluding hydrogens is 214 g/mol. The van der Waals surface area contributed by atoms with Gasteiger partial charge in [0.25, 0.3) is 0 Å². The molecule has 0 aliphatic rings. The van der Waals surface area contributed by atoms with Crippen LogP contribution in [-0.2, 0) is 6.42 Å². The second-order valence-electron chi connectivity index (χ2n) is 3.25. The maximum atomic E-state index is 5.93. The molecule has 0 radical (unpaired) electrons. The number of benzene rings is 1. The monoisotopic (exact) mass is 225 g/mol. The molecule has 74 valence electrons. The number of hydrogen-bond donors (Lipinski definition) is 1. The molecule has 1 aromatic carbocycles. The first-order valence-corrected chi connectivity index (χ1v) is 5.87. The predicted octanol–water partition coefficient (Wildman–Crippen LogP) is 3.32. The first-order valence-electron chi connectivity index (χ1n) is 4.61. The normalized spacial score (nSPS) is 11.0. The van der Waals surface area contributed by atoms with Crippen LogP contribution in [0.1, 0.15) is 5.56 Å². The molecule has 1 nitrogen and oxygen atoms in total. The highest BCUT2D eigenvalue weighted by Gasteiger charge is 2.03. The summed E-state index contributed by atoms with van der Waals surface area (Å²) in [6, 6.07) is 6.10. The first kappa shape index (κ1) is 9.97. The molecular formula is C11H12ClNS. The number of fused-ring (bicyclic) bond motifs is 1. The number of likely N-dealkylation sites (N-methyl/N-ethyl adjacent to an activating group) is 1. The zero-order valence-electron chi connectivity index (χ0n) is 8.01. The molecule has 14 heavy (non-hydrogen) atoms. The first-order chi connectivity index (χ1) is 6.81. The van der Waals surface area contributed by atoms with Crippen LogP contribution in [0.3, 0.4) is 0 Å². The van der Waals surface area contributed by atoms with E-state index in [-0.39, 0.29) is 0 Å². The Morgan fingerprint density at radius 3 is 3.07 bits per heavy atom. The van der Waals surface area contributed by atoms with E-state index in [1.807, 2.05) is 19.2 Å². The largest absolute Gasteiger partial charge is 0.319 e. The van der Waals surface area contributed by atoms with Crippen molar-refractivity contribution < 1.29 is 0 Å². The number of halogens is 1. The van der Waals surface area contributed by atoms with E-state index in [9.17, 15) is 0 Å². The molecule has 2 rings (SSSR count). The molecule has 0 aliphatic carbocycles. The summed E-state index contributed by atoms with van der Waals surface area (Å²) in [7, 11) is 1.98. The van der Waals surface area contributed by atoms with Gasteiger partial charge in [-0.15, -0.1) is 11.3 Å². The number of rotatable bonds is 3. The number of thiophene rings is 1. The summed E-state index contributed by atoms with van der Waals surface area (Å²) in [5.41, 5.74) is 1.41. The molecule has 1 aromatic heterocycles. The van der Waals surface area contributed by atoms with Gasteiger partial charge in [0.1, 0.15) is 0 Å². The molecule has 0 bridgehead atoms. The molecule has 0 aliphatic heterocycles. The third-order valence-corrected chi connectivity index (χ3v) is 3.49. The quantitative estimate of drug-likeness (QED) is 0.845. The van der Waals surface area contributed by atoms with E-state index in [0.717, 1.165) is 18.0 Å². The summed E-state index contributed by atoms with van der Waals surface area (Å²) in [6.07, 6.45) is 1.08. The summed E-state index contributed by atoms with van der Waals surface area (Å²) in [4.78, 5) is 0. The average molecular weight is 226 g/mol. The molecule has 1 heterocycles. The van der Waals surface area contributed by atoms with E-state index in [1.54, 1.807) is 11.3 Å². The summed E-state index contributed by atoms with van der Waals surface area (Å²) < 4.78 is 1.28. The van der Waals surface area contributed by atoms with Crippen molar-refractivity contribution in [1.29, 1.82) is 0 Å². The van der Waals surface area contributed by atoms with Crippen molar-refractivity contribution >= 4 is 33.0 Å². The van der Waals surface area contributed by atoms with Crippen LogP contribution in [0.5, 0.6) is 0 Å². The van der Waals surface area contributed by atoms with E-state index in [4.69, 9.17) is 11.6 Å². The molecule has 0 saturated carbocycles. The Morgan fingerprint density at radius 1 is 1.43 bits per heavy atom. The van der Waals surface area contributed by atoms with Gasteiger partial charge in [0, 0.05) is 9.72 Å². The standard InChI is InChI=1S/C11H12ClNS/c1-13-5-4-8-7-14-11-6-9(12)2-3-10(8)11/h2-3,6-7,13H,4-5H2,1H3. The Kier molecular flexibility index (Phi) is 3.06. The van der Waals surface area contributed by atoms with Gasteiger partial charge in [0.05, 0.1) is 0 Å². The SMILES string of the molecule is CNCCc1csc2cc(Cl)ccc12. The van der Waals surface area contributed by atoms with E-state index >= 15 is 0 Å². The lowest BCUT2D eigenvalue weighted by Crippen LogP contribution is -2.09. The zero-order chi connectivity index (χ0) is 9.97. The topological polar surface area (TPSA) is 12.0 Å². The minimum absolute atomic E-state index is 0.819. The van der Waals surface area contributed by atoms with Crippen molar-refractivity contribution in [2.24, 2.45) is 0 Å². The Bertz CT molecular complexity index is 436. The Hall–Kier alpha value is -0.570. The zero-order valence-corrected chi connectivity index (χ0v) is 9.58. The molecule has 2 aromatic rings. The maximum Gasteiger partial charge on any atom is 0.0420 e. The van der Waals surface area contributed by atoms with Gasteiger partial charge in [-0.05, 0) is 48.5 Å². The second kappa shape index (κ2) is 4.30. The van der Waals surface area contributed by atoms with E-state index in [0.29, 0.717) is 0 Å². The highest BCUT2D eigenvalue weighted by atomic mass is 35.5. The third kappa shape index (κ3) is 1.92. The smallest absolute Gasteiger partial charge is 0.0420 e. The number of hydrogen-bond acceptors (Lipinski definition) is 2. The Balaban J connectivity index is 2.37. The Morgan fingerprint density at radius 2 is 2.29 bits per heavy atom. The van der Waals surface area contributed by atoms with Gasteiger partial charge in [-0.25, -0.2) is 0 Å². The van der Waals surface area contributed by atoms with Crippen LogP contribution in [-0.4, -0.2) is 13.6 Å². The van der Waals surface area contributed by atoms with Gasteiger partial charge in [-0.2, -0.15) is 0 Å². The van der Waals surface area contributed by atoms with Gasteiger partial charge < -0.3 is 5.32 Å².